The van der Waals surface area contributed by atoms with E-state index in [0.717, 1.165) is 18.0 Å². The van der Waals surface area contributed by atoms with Gasteiger partial charge in [-0.1, -0.05) is 0 Å². The number of carbonyl (C=O) groups excluding carboxylic acids is 3. The molecule has 3 fully saturated rings. The van der Waals surface area contributed by atoms with Crippen molar-refractivity contribution in [3.8, 4) is 0 Å². The highest BCUT2D eigenvalue weighted by Gasteiger charge is 2.49. The fraction of sp³-hybridized carbons (Fsp3) is 0.769. The van der Waals surface area contributed by atoms with Crippen LogP contribution in [-0.2, 0) is 24.3 Å². The first-order valence-electron chi connectivity index (χ1n) is 8.54. The van der Waals surface area contributed by atoms with Crippen molar-refractivity contribution in [1.29, 1.82) is 0 Å². The zero-order valence-corrected chi connectivity index (χ0v) is 15.2. The van der Waals surface area contributed by atoms with Crippen LogP contribution < -0.4 is 21.5 Å². The van der Waals surface area contributed by atoms with Crippen LogP contribution in [0.15, 0.2) is 0 Å². The summed E-state index contributed by atoms with van der Waals surface area (Å²) in [5.41, 5.74) is 4.63. The van der Waals surface area contributed by atoms with Crippen LogP contribution in [0.5, 0.6) is 0 Å². The Balaban J connectivity index is 1.50. The zero-order chi connectivity index (χ0) is 19.6. The highest BCUT2D eigenvalue weighted by Crippen LogP contribution is 2.30. The lowest BCUT2D eigenvalue weighted by Crippen LogP contribution is -2.55. The number of hydrazine groups is 1. The van der Waals surface area contributed by atoms with E-state index in [1.807, 2.05) is 0 Å². The van der Waals surface area contributed by atoms with Crippen molar-refractivity contribution >= 4 is 28.2 Å². The Labute approximate surface area is 155 Å². The maximum absolute atomic E-state index is 12.3. The Morgan fingerprint density at radius 1 is 1.26 bits per heavy atom. The van der Waals surface area contributed by atoms with Crippen molar-refractivity contribution in [3.05, 3.63) is 0 Å². The molecule has 13 nitrogen and oxygen atoms in total. The predicted molar refractivity (Wildman–Crippen MR) is 88.9 cm³/mol. The summed E-state index contributed by atoms with van der Waals surface area (Å²) in [6, 6.07) is -2.32. The summed E-state index contributed by atoms with van der Waals surface area (Å²) in [4.78, 5) is 37.7. The molecule has 0 aromatic heterocycles. The topological polar surface area (TPSA) is 169 Å². The van der Waals surface area contributed by atoms with Crippen LogP contribution in [0.25, 0.3) is 0 Å². The van der Waals surface area contributed by atoms with E-state index in [-0.39, 0.29) is 31.3 Å². The van der Waals surface area contributed by atoms with Crippen molar-refractivity contribution in [2.75, 3.05) is 26.2 Å². The van der Waals surface area contributed by atoms with Gasteiger partial charge in [0.25, 0.3) is 5.91 Å². The molecule has 14 heteroatoms. The smallest absolute Gasteiger partial charge is 0.314 e. The van der Waals surface area contributed by atoms with Crippen molar-refractivity contribution in [3.63, 3.8) is 0 Å². The molecule has 3 rings (SSSR count). The van der Waals surface area contributed by atoms with Crippen LogP contribution in [0, 0.1) is 0 Å². The van der Waals surface area contributed by atoms with Gasteiger partial charge in [0, 0.05) is 38.6 Å². The number of nitrogens with one attached hydrogen (secondary N) is 4. The standard InChI is InChI=1S/C13H22N6O7S/c20-11(5-8-6-14-3-4-15-8)16-17-12(21)10-2-1-9-7-18(10)13(22)19(9)26-27(23,24)25/h8-10,14-15H,1-7H2,(H,16,20)(H,17,21)(H,23,24,25)/t8?,9-,10+/m1/s1. The molecule has 3 aliphatic rings. The van der Waals surface area contributed by atoms with E-state index in [1.54, 1.807) is 0 Å². The van der Waals surface area contributed by atoms with Gasteiger partial charge >= 0.3 is 16.4 Å². The monoisotopic (exact) mass is 406 g/mol. The summed E-state index contributed by atoms with van der Waals surface area (Å²) in [5.74, 6) is -0.957. The molecule has 5 N–H and O–H groups in total. The molecule has 3 aliphatic heterocycles. The van der Waals surface area contributed by atoms with Crippen LogP contribution >= 0.6 is 0 Å². The highest BCUT2D eigenvalue weighted by molar-refractivity contribution is 7.80. The molecule has 0 aromatic rings. The second-order valence-electron chi connectivity index (χ2n) is 6.61. The zero-order valence-electron chi connectivity index (χ0n) is 14.4. The third-order valence-corrected chi connectivity index (χ3v) is 5.03. The fourth-order valence-corrected chi connectivity index (χ4v) is 3.84. The Hall–Kier alpha value is -2.00. The number of carbonyl (C=O) groups is 3. The molecule has 0 spiro atoms. The average molecular weight is 406 g/mol. The molecule has 27 heavy (non-hydrogen) atoms. The summed E-state index contributed by atoms with van der Waals surface area (Å²) >= 11 is 0. The number of fused-ring (bicyclic) bond motifs is 2. The van der Waals surface area contributed by atoms with Gasteiger partial charge in [-0.3, -0.25) is 25.0 Å². The van der Waals surface area contributed by atoms with Crippen molar-refractivity contribution in [2.24, 2.45) is 0 Å². The Kier molecular flexibility index (Phi) is 5.81. The van der Waals surface area contributed by atoms with Crippen LogP contribution in [0.3, 0.4) is 0 Å². The lowest BCUT2D eigenvalue weighted by atomic mass is 10.0. The van der Waals surface area contributed by atoms with Gasteiger partial charge in [0.15, 0.2) is 0 Å². The van der Waals surface area contributed by atoms with Crippen LogP contribution in [0.2, 0.25) is 0 Å². The van der Waals surface area contributed by atoms with Crippen molar-refractivity contribution in [2.45, 2.75) is 37.4 Å². The Morgan fingerprint density at radius 2 is 2.04 bits per heavy atom. The van der Waals surface area contributed by atoms with E-state index >= 15 is 0 Å². The minimum Gasteiger partial charge on any atom is -0.314 e. The number of hydroxylamine groups is 2. The second kappa shape index (κ2) is 7.93. The van der Waals surface area contributed by atoms with E-state index in [2.05, 4.69) is 25.8 Å². The van der Waals surface area contributed by atoms with Gasteiger partial charge in [-0.05, 0) is 12.8 Å². The molecule has 0 radical (unpaired) electrons. The lowest BCUT2D eigenvalue weighted by molar-refractivity contribution is -0.132. The molecule has 1 unspecified atom stereocenters. The molecule has 3 heterocycles. The van der Waals surface area contributed by atoms with Gasteiger partial charge in [-0.2, -0.15) is 13.5 Å². The van der Waals surface area contributed by atoms with Gasteiger partial charge < -0.3 is 15.5 Å². The molecule has 4 amide bonds. The lowest BCUT2D eigenvalue weighted by Gasteiger charge is -2.29. The number of piperazine rings is 1. The van der Waals surface area contributed by atoms with E-state index < -0.39 is 34.4 Å². The maximum Gasteiger partial charge on any atom is 0.418 e. The molecule has 152 valence electrons. The van der Waals surface area contributed by atoms with Gasteiger partial charge in [0.1, 0.15) is 6.04 Å². The number of piperidine rings is 1. The molecule has 3 atom stereocenters. The van der Waals surface area contributed by atoms with Gasteiger partial charge in [-0.25, -0.2) is 4.79 Å². The van der Waals surface area contributed by atoms with E-state index in [0.29, 0.717) is 18.0 Å². The number of amides is 4. The highest BCUT2D eigenvalue weighted by atomic mass is 32.3. The summed E-state index contributed by atoms with van der Waals surface area (Å²) in [5, 5.41) is 6.88. The second-order valence-corrected chi connectivity index (χ2v) is 7.61. The largest absolute Gasteiger partial charge is 0.418 e. The maximum atomic E-state index is 12.3. The van der Waals surface area contributed by atoms with Crippen molar-refractivity contribution < 1.29 is 31.6 Å². The van der Waals surface area contributed by atoms with Crippen LogP contribution in [0.1, 0.15) is 19.3 Å². The molecule has 0 aliphatic carbocycles. The normalized spacial score (nSPS) is 28.2. The van der Waals surface area contributed by atoms with E-state index in [4.69, 9.17) is 4.55 Å². The summed E-state index contributed by atoms with van der Waals surface area (Å²) in [7, 11) is -4.84. The fourth-order valence-electron chi connectivity index (χ4n) is 3.45. The van der Waals surface area contributed by atoms with Gasteiger partial charge in [-0.15, -0.1) is 4.28 Å². The number of urea groups is 1. The van der Waals surface area contributed by atoms with E-state index in [9.17, 15) is 22.8 Å². The molecule has 0 aromatic carbocycles. The Morgan fingerprint density at radius 3 is 2.70 bits per heavy atom. The molecule has 3 saturated heterocycles. The summed E-state index contributed by atoms with van der Waals surface area (Å²) in [6.07, 6.45) is 0.748. The van der Waals surface area contributed by atoms with E-state index in [1.165, 1.54) is 0 Å². The Bertz CT molecular complexity index is 710. The third kappa shape index (κ3) is 4.84. The predicted octanol–water partition coefficient (Wildman–Crippen LogP) is -2.91. The minimum atomic E-state index is -4.84. The van der Waals surface area contributed by atoms with Crippen LogP contribution in [0.4, 0.5) is 4.79 Å². The first kappa shape index (κ1) is 19.8. The number of hydrogen-bond acceptors (Lipinski definition) is 8. The number of rotatable bonds is 5. The SMILES string of the molecule is O=C(CC1CNCCN1)NNC(=O)[C@@H]1CC[C@@H]2CN1C(=O)N2OS(=O)(=O)O. The first-order valence-corrected chi connectivity index (χ1v) is 9.91. The summed E-state index contributed by atoms with van der Waals surface area (Å²) in [6.45, 7) is 2.32. The molecule has 2 bridgehead atoms. The van der Waals surface area contributed by atoms with Gasteiger partial charge in [0.2, 0.25) is 5.91 Å². The quantitative estimate of drug-likeness (QED) is 0.237. The molecule has 0 saturated carbocycles. The summed E-state index contributed by atoms with van der Waals surface area (Å²) < 4.78 is 34.8. The first-order chi connectivity index (χ1) is 12.7. The van der Waals surface area contributed by atoms with Gasteiger partial charge in [0.05, 0.1) is 6.04 Å². The number of nitrogens with zero attached hydrogens (tertiary/aromatic N) is 2. The number of hydrogen-bond donors (Lipinski definition) is 5. The van der Waals surface area contributed by atoms with Crippen LogP contribution in [-0.4, -0.2) is 85.1 Å². The van der Waals surface area contributed by atoms with Crippen molar-refractivity contribution in [1.82, 2.24) is 31.4 Å². The minimum absolute atomic E-state index is 0.0302. The third-order valence-electron chi connectivity index (χ3n) is 4.68. The average Bonchev–Trinajstić information content (AvgIpc) is 2.84. The molecular formula is C13H22N6O7S. The molecular weight excluding hydrogens is 384 g/mol.